The SMILES string of the molecule is N#Cc1ccccc1-c1ccc2c(c1)c1ccccc1n2-c1ccc(C(F)(F)F)cc1-c1ccncc1-n1c2ccccc2c2cc(-c3ccccc3C#N)ccc21. The first kappa shape index (κ1) is 34.5. The molecule has 0 amide bonds. The maximum Gasteiger partial charge on any atom is 0.416 e. The van der Waals surface area contributed by atoms with Crippen molar-refractivity contribution >= 4 is 43.6 Å². The molecule has 0 spiro atoms. The molecule has 3 heterocycles. The number of rotatable bonds is 5. The fraction of sp³-hybridized carbons (Fsp3) is 0.0200. The minimum atomic E-state index is -4.60. The van der Waals surface area contributed by atoms with Crippen molar-refractivity contribution in [1.82, 2.24) is 14.1 Å². The summed E-state index contributed by atoms with van der Waals surface area (Å²) in [6.07, 6.45) is -1.29. The minimum absolute atomic E-state index is 0.374. The van der Waals surface area contributed by atoms with E-state index < -0.39 is 11.7 Å². The van der Waals surface area contributed by atoms with Crippen LogP contribution >= 0.6 is 0 Å². The number of halogens is 3. The van der Waals surface area contributed by atoms with Gasteiger partial charge in [-0.05, 0) is 95.1 Å². The summed E-state index contributed by atoms with van der Waals surface area (Å²) in [7, 11) is 0. The van der Waals surface area contributed by atoms with Crippen molar-refractivity contribution in [1.29, 1.82) is 10.5 Å². The first-order valence-electron chi connectivity index (χ1n) is 18.6. The molecule has 10 aromatic rings. The van der Waals surface area contributed by atoms with Gasteiger partial charge in [0.25, 0.3) is 0 Å². The van der Waals surface area contributed by atoms with E-state index in [9.17, 15) is 23.7 Å². The Morgan fingerprint density at radius 3 is 1.50 bits per heavy atom. The van der Waals surface area contributed by atoms with Crippen LogP contribution < -0.4 is 0 Å². The van der Waals surface area contributed by atoms with E-state index >= 15 is 0 Å². The summed E-state index contributed by atoms with van der Waals surface area (Å²) in [5.41, 5.74) is 9.11. The molecular weight excluding hydrogens is 728 g/mol. The fourth-order valence-electron chi connectivity index (χ4n) is 8.38. The molecule has 10 rings (SSSR count). The molecule has 0 N–H and O–H groups in total. The molecule has 5 nitrogen and oxygen atoms in total. The molecule has 0 saturated heterocycles. The number of nitrogens with zero attached hydrogens (tertiary/aromatic N) is 5. The quantitative estimate of drug-likeness (QED) is 0.176. The van der Waals surface area contributed by atoms with Crippen LogP contribution in [0.15, 0.2) is 170 Å². The van der Waals surface area contributed by atoms with Crippen molar-refractivity contribution in [3.8, 4) is 56.9 Å². The van der Waals surface area contributed by atoms with Gasteiger partial charge in [0.05, 0.1) is 68.5 Å². The molecule has 0 fully saturated rings. The summed E-state index contributed by atoms with van der Waals surface area (Å²) in [4.78, 5) is 4.54. The molecule has 0 atom stereocenters. The van der Waals surface area contributed by atoms with Gasteiger partial charge >= 0.3 is 6.18 Å². The second-order valence-corrected chi connectivity index (χ2v) is 14.1. The summed E-state index contributed by atoms with van der Waals surface area (Å²) < 4.78 is 48.1. The third-order valence-corrected chi connectivity index (χ3v) is 11.0. The van der Waals surface area contributed by atoms with Crippen molar-refractivity contribution in [2.45, 2.75) is 6.18 Å². The Balaban J connectivity index is 1.24. The molecule has 0 bridgehead atoms. The van der Waals surface area contributed by atoms with Crippen molar-refractivity contribution in [3.05, 3.63) is 187 Å². The van der Waals surface area contributed by atoms with E-state index in [1.807, 2.05) is 120 Å². The predicted octanol–water partition coefficient (Wildman–Crippen LogP) is 13.0. The van der Waals surface area contributed by atoms with Gasteiger partial charge in [0, 0.05) is 38.9 Å². The van der Waals surface area contributed by atoms with Crippen LogP contribution in [-0.2, 0) is 6.18 Å². The summed E-state index contributed by atoms with van der Waals surface area (Å²) in [5, 5.41) is 23.4. The van der Waals surface area contributed by atoms with Crippen LogP contribution in [0, 0.1) is 22.7 Å². The van der Waals surface area contributed by atoms with Crippen molar-refractivity contribution in [2.75, 3.05) is 0 Å². The highest BCUT2D eigenvalue weighted by atomic mass is 19.4. The van der Waals surface area contributed by atoms with Gasteiger partial charge in [0.15, 0.2) is 0 Å². The van der Waals surface area contributed by atoms with Gasteiger partial charge in [0.2, 0.25) is 0 Å². The van der Waals surface area contributed by atoms with E-state index in [0.29, 0.717) is 33.6 Å². The zero-order chi connectivity index (χ0) is 39.5. The Morgan fingerprint density at radius 1 is 0.448 bits per heavy atom. The number of hydrogen-bond acceptors (Lipinski definition) is 3. The topological polar surface area (TPSA) is 70.3 Å². The summed E-state index contributed by atoms with van der Waals surface area (Å²) in [6, 6.07) is 53.0. The van der Waals surface area contributed by atoms with Crippen LogP contribution in [0.1, 0.15) is 16.7 Å². The van der Waals surface area contributed by atoms with Gasteiger partial charge in [-0.3, -0.25) is 4.98 Å². The highest BCUT2D eigenvalue weighted by molar-refractivity contribution is 6.13. The number of aromatic nitrogens is 3. The maximum absolute atomic E-state index is 14.7. The van der Waals surface area contributed by atoms with Gasteiger partial charge in [-0.25, -0.2) is 0 Å². The van der Waals surface area contributed by atoms with Crippen LogP contribution in [0.4, 0.5) is 13.2 Å². The Morgan fingerprint density at radius 2 is 0.948 bits per heavy atom. The third kappa shape index (κ3) is 5.43. The fourth-order valence-corrected chi connectivity index (χ4v) is 8.38. The Kier molecular flexibility index (Phi) is 7.96. The monoisotopic (exact) mass is 755 g/mol. The van der Waals surface area contributed by atoms with Crippen molar-refractivity contribution in [3.63, 3.8) is 0 Å². The molecule has 7 aromatic carbocycles. The molecule has 8 heteroatoms. The lowest BCUT2D eigenvalue weighted by molar-refractivity contribution is -0.137. The molecule has 0 saturated carbocycles. The van der Waals surface area contributed by atoms with E-state index in [1.54, 1.807) is 36.7 Å². The average molecular weight is 756 g/mol. The maximum atomic E-state index is 14.7. The number of benzene rings is 7. The van der Waals surface area contributed by atoms with Crippen molar-refractivity contribution in [2.24, 2.45) is 0 Å². The second kappa shape index (κ2) is 13.4. The van der Waals surface area contributed by atoms with Crippen LogP contribution in [0.3, 0.4) is 0 Å². The largest absolute Gasteiger partial charge is 0.416 e. The van der Waals surface area contributed by atoms with E-state index in [-0.39, 0.29) is 0 Å². The lowest BCUT2D eigenvalue weighted by Gasteiger charge is -2.20. The third-order valence-electron chi connectivity index (χ3n) is 11.0. The lowest BCUT2D eigenvalue weighted by atomic mass is 9.98. The first-order chi connectivity index (χ1) is 28.3. The molecule has 0 aliphatic carbocycles. The first-order valence-corrected chi connectivity index (χ1v) is 18.6. The smallest absolute Gasteiger partial charge is 0.309 e. The number of hydrogen-bond donors (Lipinski definition) is 0. The highest BCUT2D eigenvalue weighted by Crippen LogP contribution is 2.44. The predicted molar refractivity (Wildman–Crippen MR) is 224 cm³/mol. The van der Waals surface area contributed by atoms with E-state index in [4.69, 9.17) is 0 Å². The van der Waals surface area contributed by atoms with Gasteiger partial charge in [-0.15, -0.1) is 0 Å². The number of pyridine rings is 1. The lowest BCUT2D eigenvalue weighted by Crippen LogP contribution is -2.08. The molecule has 274 valence electrons. The van der Waals surface area contributed by atoms with E-state index in [2.05, 4.69) is 27.8 Å². The van der Waals surface area contributed by atoms with Gasteiger partial charge in [0.1, 0.15) is 0 Å². The standard InChI is InChI=1S/C50H28F3N5/c51-50(52,53)35-19-22-48(57-44-15-7-5-13-38(44)41-25-31(17-20-46(41)57)36-11-3-1-9-33(36)28-54)43(27-35)40-23-24-56-30-49(40)58-45-16-8-6-14-39(45)42-26-32(18-21-47(42)58)37-12-4-2-10-34(37)29-55/h1-27,30H. The zero-order valence-corrected chi connectivity index (χ0v) is 30.5. The molecule has 58 heavy (non-hydrogen) atoms. The molecule has 0 aliphatic rings. The van der Waals surface area contributed by atoms with E-state index in [1.165, 1.54) is 6.07 Å². The number of para-hydroxylation sites is 2. The van der Waals surface area contributed by atoms with Crippen LogP contribution in [0.5, 0.6) is 0 Å². The summed E-state index contributed by atoms with van der Waals surface area (Å²) >= 11 is 0. The number of alkyl halides is 3. The molecule has 0 aliphatic heterocycles. The minimum Gasteiger partial charge on any atom is -0.309 e. The van der Waals surface area contributed by atoms with Crippen LogP contribution in [-0.4, -0.2) is 14.1 Å². The average Bonchev–Trinajstić information content (AvgIpc) is 3.78. The second-order valence-electron chi connectivity index (χ2n) is 14.1. The number of nitriles is 2. The normalized spacial score (nSPS) is 11.7. The Bertz CT molecular complexity index is 3370. The van der Waals surface area contributed by atoms with Gasteiger partial charge in [-0.2, -0.15) is 23.7 Å². The molecular formula is C50H28F3N5. The van der Waals surface area contributed by atoms with Crippen molar-refractivity contribution < 1.29 is 13.2 Å². The Labute approximate surface area is 330 Å². The Hall–Kier alpha value is -7.94. The highest BCUT2D eigenvalue weighted by Gasteiger charge is 2.32. The molecule has 0 unspecified atom stereocenters. The summed E-state index contributed by atoms with van der Waals surface area (Å²) in [6.45, 7) is 0. The van der Waals surface area contributed by atoms with Crippen LogP contribution in [0.2, 0.25) is 0 Å². The van der Waals surface area contributed by atoms with E-state index in [0.717, 1.165) is 71.9 Å². The summed E-state index contributed by atoms with van der Waals surface area (Å²) in [5.74, 6) is 0. The van der Waals surface area contributed by atoms with Gasteiger partial charge in [-0.1, -0.05) is 84.9 Å². The molecule has 0 radical (unpaired) electrons. The number of fused-ring (bicyclic) bond motifs is 6. The van der Waals surface area contributed by atoms with Crippen LogP contribution in [0.25, 0.3) is 88.4 Å². The van der Waals surface area contributed by atoms with Gasteiger partial charge < -0.3 is 9.13 Å². The molecule has 3 aromatic heterocycles. The zero-order valence-electron chi connectivity index (χ0n) is 30.5.